The molecule has 0 amide bonds. The molecule has 0 bridgehead atoms. The molecule has 0 aliphatic carbocycles. The summed E-state index contributed by atoms with van der Waals surface area (Å²) in [5, 5.41) is 5.24. The summed E-state index contributed by atoms with van der Waals surface area (Å²) in [7, 11) is 0. The van der Waals surface area contributed by atoms with Crippen LogP contribution >= 0.6 is 11.8 Å². The molecular formula is C14H22N2OS. The molecule has 0 saturated heterocycles. The first-order valence-corrected chi connectivity index (χ1v) is 7.52. The highest BCUT2D eigenvalue weighted by atomic mass is 32.2. The van der Waals surface area contributed by atoms with Gasteiger partial charge in [0.25, 0.3) is 0 Å². The van der Waals surface area contributed by atoms with Gasteiger partial charge in [-0.1, -0.05) is 25.1 Å². The first-order valence-electron chi connectivity index (χ1n) is 6.64. The minimum absolute atomic E-state index is 0.258. The van der Waals surface area contributed by atoms with Gasteiger partial charge in [-0.2, -0.15) is 0 Å². The van der Waals surface area contributed by atoms with Crippen molar-refractivity contribution in [1.29, 1.82) is 0 Å². The summed E-state index contributed by atoms with van der Waals surface area (Å²) in [4.78, 5) is 4.58. The first-order chi connectivity index (χ1) is 8.60. The van der Waals surface area contributed by atoms with E-state index < -0.39 is 0 Å². The quantitative estimate of drug-likeness (QED) is 0.900. The predicted molar refractivity (Wildman–Crippen MR) is 78.3 cm³/mol. The van der Waals surface area contributed by atoms with Crippen molar-refractivity contribution < 1.29 is 4.42 Å². The molecule has 18 heavy (non-hydrogen) atoms. The Hall–Kier alpha value is -0.900. The minimum atomic E-state index is 0.258. The van der Waals surface area contributed by atoms with Crippen molar-refractivity contribution in [2.24, 2.45) is 4.99 Å². The second kappa shape index (κ2) is 5.83. The lowest BCUT2D eigenvalue weighted by atomic mass is 10.1. The van der Waals surface area contributed by atoms with E-state index in [-0.39, 0.29) is 6.04 Å². The fraction of sp³-hybridized carbons (Fsp3) is 0.643. The molecule has 2 rings (SSSR count). The Balaban J connectivity index is 1.93. The fourth-order valence-corrected chi connectivity index (χ4v) is 3.52. The Kier molecular flexibility index (Phi) is 4.38. The maximum absolute atomic E-state index is 5.57. The Bertz CT molecular complexity index is 439. The smallest absolute Gasteiger partial charge is 0.157 e. The van der Waals surface area contributed by atoms with Gasteiger partial charge >= 0.3 is 0 Å². The van der Waals surface area contributed by atoms with Gasteiger partial charge in [-0.25, -0.2) is 0 Å². The number of aliphatic imine (C=N–C) groups is 1. The third-order valence-electron chi connectivity index (χ3n) is 3.21. The van der Waals surface area contributed by atoms with Crippen LogP contribution in [0.15, 0.2) is 15.5 Å². The van der Waals surface area contributed by atoms with E-state index >= 15 is 0 Å². The van der Waals surface area contributed by atoms with Gasteiger partial charge in [0.2, 0.25) is 0 Å². The van der Waals surface area contributed by atoms with Crippen molar-refractivity contribution >= 4 is 16.9 Å². The van der Waals surface area contributed by atoms with Gasteiger partial charge in [0.05, 0.1) is 12.6 Å². The molecule has 0 aromatic carbocycles. The standard InChI is InChI=1S/C14H22N2OS/c1-5-6-12-8-15-14(18-12)16-10(3)13-7-9(2)17-11(13)4/h7,10,12H,5-6,8H2,1-4H3,(H,15,16). The third-order valence-corrected chi connectivity index (χ3v) is 4.40. The molecule has 2 unspecified atom stereocenters. The molecule has 1 aromatic heterocycles. The summed E-state index contributed by atoms with van der Waals surface area (Å²) in [6.45, 7) is 9.35. The second-order valence-electron chi connectivity index (χ2n) is 4.91. The van der Waals surface area contributed by atoms with Crippen LogP contribution in [0.3, 0.4) is 0 Å². The molecule has 100 valence electrons. The van der Waals surface area contributed by atoms with Crippen LogP contribution in [0.2, 0.25) is 0 Å². The highest BCUT2D eigenvalue weighted by Gasteiger charge is 2.21. The molecule has 4 heteroatoms. The number of thioether (sulfide) groups is 1. The summed E-state index contributed by atoms with van der Waals surface area (Å²) >= 11 is 1.88. The molecule has 3 nitrogen and oxygen atoms in total. The van der Waals surface area contributed by atoms with E-state index in [0.717, 1.165) is 23.2 Å². The maximum Gasteiger partial charge on any atom is 0.157 e. The summed E-state index contributed by atoms with van der Waals surface area (Å²) in [6, 6.07) is 2.37. The molecule has 2 heterocycles. The lowest BCUT2D eigenvalue weighted by molar-refractivity contribution is 0.497. The molecule has 1 aliphatic rings. The molecular weight excluding hydrogens is 244 g/mol. The molecule has 1 aromatic rings. The highest BCUT2D eigenvalue weighted by molar-refractivity contribution is 8.14. The van der Waals surface area contributed by atoms with E-state index in [9.17, 15) is 0 Å². The van der Waals surface area contributed by atoms with Crippen LogP contribution in [-0.2, 0) is 0 Å². The molecule has 0 radical (unpaired) electrons. The van der Waals surface area contributed by atoms with Crippen molar-refractivity contribution in [2.75, 3.05) is 6.54 Å². The Labute approximate surface area is 113 Å². The van der Waals surface area contributed by atoms with Crippen LogP contribution in [-0.4, -0.2) is 17.0 Å². The minimum Gasteiger partial charge on any atom is -0.466 e. The normalized spacial score (nSPS) is 20.9. The second-order valence-corrected chi connectivity index (χ2v) is 6.20. The zero-order valence-electron chi connectivity index (χ0n) is 11.6. The van der Waals surface area contributed by atoms with Gasteiger partial charge < -0.3 is 9.73 Å². The van der Waals surface area contributed by atoms with E-state index in [2.05, 4.69) is 30.2 Å². The third kappa shape index (κ3) is 3.10. The number of nitrogens with one attached hydrogen (secondary N) is 1. The van der Waals surface area contributed by atoms with Crippen molar-refractivity contribution in [3.63, 3.8) is 0 Å². The number of hydrogen-bond donors (Lipinski definition) is 1. The summed E-state index contributed by atoms with van der Waals surface area (Å²) in [5.41, 5.74) is 1.23. The van der Waals surface area contributed by atoms with E-state index in [1.54, 1.807) is 0 Å². The van der Waals surface area contributed by atoms with Crippen LogP contribution in [0.5, 0.6) is 0 Å². The van der Waals surface area contributed by atoms with Crippen molar-refractivity contribution in [3.8, 4) is 0 Å². The van der Waals surface area contributed by atoms with E-state index in [1.807, 2.05) is 25.6 Å². The Morgan fingerprint density at radius 1 is 1.56 bits per heavy atom. The SMILES string of the molecule is CCCC1CN=C(NC(C)c2cc(C)oc2C)S1. The van der Waals surface area contributed by atoms with Gasteiger partial charge in [-0.15, -0.1) is 0 Å². The molecule has 0 spiro atoms. The number of rotatable bonds is 4. The van der Waals surface area contributed by atoms with Crippen molar-refractivity contribution in [3.05, 3.63) is 23.2 Å². The van der Waals surface area contributed by atoms with Crippen molar-refractivity contribution in [2.45, 2.75) is 51.8 Å². The predicted octanol–water partition coefficient (Wildman–Crippen LogP) is 3.82. The zero-order chi connectivity index (χ0) is 13.1. The number of amidine groups is 1. The van der Waals surface area contributed by atoms with Crippen LogP contribution in [0.25, 0.3) is 0 Å². The van der Waals surface area contributed by atoms with Crippen LogP contribution in [0, 0.1) is 13.8 Å². The Morgan fingerprint density at radius 2 is 2.33 bits per heavy atom. The van der Waals surface area contributed by atoms with Gasteiger partial charge in [0, 0.05) is 10.8 Å². The molecule has 1 N–H and O–H groups in total. The van der Waals surface area contributed by atoms with E-state index in [0.29, 0.717) is 5.25 Å². The lowest BCUT2D eigenvalue weighted by Gasteiger charge is -2.14. The average Bonchev–Trinajstić information content (AvgIpc) is 2.86. The number of furan rings is 1. The van der Waals surface area contributed by atoms with Gasteiger partial charge in [-0.3, -0.25) is 4.99 Å². The monoisotopic (exact) mass is 266 g/mol. The van der Waals surface area contributed by atoms with Gasteiger partial charge in [-0.05, 0) is 33.3 Å². The number of nitrogens with zero attached hydrogens (tertiary/aromatic N) is 1. The number of hydrogen-bond acceptors (Lipinski definition) is 4. The first kappa shape index (κ1) is 13.5. The average molecular weight is 266 g/mol. The molecule has 0 saturated carbocycles. The molecule has 0 fully saturated rings. The van der Waals surface area contributed by atoms with Gasteiger partial charge in [0.1, 0.15) is 11.5 Å². The fourth-order valence-electron chi connectivity index (χ4n) is 2.31. The summed E-state index contributed by atoms with van der Waals surface area (Å²) < 4.78 is 5.57. The largest absolute Gasteiger partial charge is 0.466 e. The lowest BCUT2D eigenvalue weighted by Crippen LogP contribution is -2.23. The Morgan fingerprint density at radius 3 is 2.94 bits per heavy atom. The van der Waals surface area contributed by atoms with Crippen LogP contribution in [0.4, 0.5) is 0 Å². The van der Waals surface area contributed by atoms with Crippen LogP contribution < -0.4 is 5.32 Å². The highest BCUT2D eigenvalue weighted by Crippen LogP contribution is 2.27. The molecule has 1 aliphatic heterocycles. The van der Waals surface area contributed by atoms with Crippen LogP contribution in [0.1, 0.15) is 49.8 Å². The molecule has 2 atom stereocenters. The maximum atomic E-state index is 5.57. The van der Waals surface area contributed by atoms with Gasteiger partial charge in [0.15, 0.2) is 5.17 Å². The summed E-state index contributed by atoms with van der Waals surface area (Å²) in [5.74, 6) is 1.97. The van der Waals surface area contributed by atoms with Crippen molar-refractivity contribution in [1.82, 2.24) is 5.32 Å². The van der Waals surface area contributed by atoms with E-state index in [4.69, 9.17) is 4.42 Å². The van der Waals surface area contributed by atoms with E-state index in [1.165, 1.54) is 18.4 Å². The zero-order valence-corrected chi connectivity index (χ0v) is 12.4. The number of aryl methyl sites for hydroxylation is 2. The topological polar surface area (TPSA) is 37.5 Å². The summed E-state index contributed by atoms with van der Waals surface area (Å²) in [6.07, 6.45) is 2.48.